The van der Waals surface area contributed by atoms with E-state index in [-0.39, 0.29) is 5.91 Å². The number of nitrogens with zero attached hydrogens (tertiary/aromatic N) is 2. The second-order valence-corrected chi connectivity index (χ2v) is 7.25. The predicted molar refractivity (Wildman–Crippen MR) is 125 cm³/mol. The summed E-state index contributed by atoms with van der Waals surface area (Å²) in [6.07, 6.45) is 0.753. The first-order chi connectivity index (χ1) is 14.9. The zero-order valence-electron chi connectivity index (χ0n) is 19.4. The first-order valence-electron chi connectivity index (χ1n) is 10.4. The average molecular weight is 427 g/mol. The van der Waals surface area contributed by atoms with Crippen molar-refractivity contribution in [3.05, 3.63) is 58.7 Å². The van der Waals surface area contributed by atoms with E-state index in [1.165, 1.54) is 0 Å². The lowest BCUT2D eigenvalue weighted by atomic mass is 10.1. The summed E-state index contributed by atoms with van der Waals surface area (Å²) in [5.41, 5.74) is 4.02. The monoisotopic (exact) mass is 426 g/mol. The third kappa shape index (κ3) is 6.64. The van der Waals surface area contributed by atoms with Gasteiger partial charge >= 0.3 is 0 Å². The van der Waals surface area contributed by atoms with Gasteiger partial charge in [-0.2, -0.15) is 0 Å². The van der Waals surface area contributed by atoms with Crippen LogP contribution < -0.4 is 20.1 Å². The fraction of sp³-hybridized carbons (Fsp3) is 0.417. The number of carbonyl (C=O) groups excluding carboxylic acids is 1. The second kappa shape index (κ2) is 11.8. The summed E-state index contributed by atoms with van der Waals surface area (Å²) in [5, 5.41) is 6.01. The Morgan fingerprint density at radius 1 is 1.13 bits per heavy atom. The van der Waals surface area contributed by atoms with E-state index in [1.807, 2.05) is 43.4 Å². The van der Waals surface area contributed by atoms with Crippen molar-refractivity contribution < 1.29 is 14.3 Å². The van der Waals surface area contributed by atoms with Crippen LogP contribution in [0.1, 0.15) is 34.0 Å². The third-order valence-electron chi connectivity index (χ3n) is 5.02. The van der Waals surface area contributed by atoms with Crippen molar-refractivity contribution in [3.63, 3.8) is 0 Å². The Kier molecular flexibility index (Phi) is 9.18. The molecule has 2 rings (SSSR count). The lowest BCUT2D eigenvalue weighted by Crippen LogP contribution is -2.38. The number of aryl methyl sites for hydroxylation is 1. The Bertz CT molecular complexity index is 912. The van der Waals surface area contributed by atoms with Gasteiger partial charge in [-0.25, -0.2) is 0 Å². The first-order valence-corrected chi connectivity index (χ1v) is 10.4. The highest BCUT2D eigenvalue weighted by Crippen LogP contribution is 2.30. The molecule has 0 aliphatic carbocycles. The molecule has 7 heteroatoms. The third-order valence-corrected chi connectivity index (χ3v) is 5.02. The Morgan fingerprint density at radius 3 is 2.48 bits per heavy atom. The van der Waals surface area contributed by atoms with E-state index in [1.54, 1.807) is 21.3 Å². The molecule has 0 radical (unpaired) electrons. The lowest BCUT2D eigenvalue weighted by Gasteiger charge is -2.23. The number of nitrogens with one attached hydrogen (secondary N) is 2. The normalized spacial score (nSPS) is 11.1. The van der Waals surface area contributed by atoms with Crippen molar-refractivity contribution in [2.45, 2.75) is 26.8 Å². The van der Waals surface area contributed by atoms with Crippen molar-refractivity contribution in [2.24, 2.45) is 4.99 Å². The van der Waals surface area contributed by atoms with Gasteiger partial charge in [-0.15, -0.1) is 0 Å². The zero-order chi connectivity index (χ0) is 22.8. The molecule has 0 saturated carbocycles. The van der Waals surface area contributed by atoms with E-state index in [2.05, 4.69) is 29.4 Å². The summed E-state index contributed by atoms with van der Waals surface area (Å²) >= 11 is 0. The van der Waals surface area contributed by atoms with Gasteiger partial charge < -0.3 is 25.0 Å². The van der Waals surface area contributed by atoms with Gasteiger partial charge in [-0.05, 0) is 61.2 Å². The predicted octanol–water partition coefficient (Wildman–Crippen LogP) is 3.01. The minimum Gasteiger partial charge on any atom is -0.493 e. The van der Waals surface area contributed by atoms with Crippen LogP contribution in [0.3, 0.4) is 0 Å². The average Bonchev–Trinajstić information content (AvgIpc) is 2.79. The van der Waals surface area contributed by atoms with Crippen LogP contribution in [0.2, 0.25) is 0 Å². The number of benzene rings is 2. The molecule has 0 aliphatic heterocycles. The molecule has 7 nitrogen and oxygen atoms in total. The zero-order valence-corrected chi connectivity index (χ0v) is 19.4. The van der Waals surface area contributed by atoms with Crippen LogP contribution in [0.15, 0.2) is 41.4 Å². The van der Waals surface area contributed by atoms with Crippen molar-refractivity contribution in [1.29, 1.82) is 0 Å². The van der Waals surface area contributed by atoms with Crippen LogP contribution in [-0.2, 0) is 13.0 Å². The molecular weight excluding hydrogens is 392 g/mol. The number of amides is 1. The van der Waals surface area contributed by atoms with Gasteiger partial charge in [0, 0.05) is 39.3 Å². The molecule has 0 unspecified atom stereocenters. The van der Waals surface area contributed by atoms with Crippen LogP contribution in [-0.4, -0.2) is 58.2 Å². The molecule has 0 heterocycles. The van der Waals surface area contributed by atoms with Gasteiger partial charge in [0.15, 0.2) is 17.5 Å². The maximum atomic E-state index is 11.8. The largest absolute Gasteiger partial charge is 0.493 e. The van der Waals surface area contributed by atoms with E-state index in [4.69, 9.17) is 14.5 Å². The van der Waals surface area contributed by atoms with Crippen molar-refractivity contribution in [2.75, 3.05) is 41.4 Å². The van der Waals surface area contributed by atoms with Crippen molar-refractivity contribution >= 4 is 11.9 Å². The van der Waals surface area contributed by atoms with E-state index >= 15 is 0 Å². The van der Waals surface area contributed by atoms with Crippen LogP contribution >= 0.6 is 0 Å². The summed E-state index contributed by atoms with van der Waals surface area (Å²) in [6, 6.07) is 11.7. The fourth-order valence-corrected chi connectivity index (χ4v) is 3.30. The summed E-state index contributed by atoms with van der Waals surface area (Å²) in [5.74, 6) is 2.20. The van der Waals surface area contributed by atoms with Gasteiger partial charge in [0.2, 0.25) is 0 Å². The minimum absolute atomic E-state index is 0.0799. The molecule has 2 N–H and O–H groups in total. The Labute approximate surface area is 185 Å². The molecule has 2 aromatic rings. The van der Waals surface area contributed by atoms with Crippen LogP contribution in [0.4, 0.5) is 0 Å². The molecular formula is C24H34N4O3. The second-order valence-electron chi connectivity index (χ2n) is 7.25. The summed E-state index contributed by atoms with van der Waals surface area (Å²) in [4.78, 5) is 18.7. The number of rotatable bonds is 9. The molecule has 0 aromatic heterocycles. The first kappa shape index (κ1) is 24.1. The molecule has 0 saturated heterocycles. The molecule has 2 aromatic carbocycles. The number of methoxy groups -OCH3 is 2. The highest BCUT2D eigenvalue weighted by atomic mass is 16.5. The fourth-order valence-electron chi connectivity index (χ4n) is 3.30. The number of carbonyl (C=O) groups is 1. The van der Waals surface area contributed by atoms with Gasteiger partial charge in [-0.1, -0.05) is 12.1 Å². The molecule has 31 heavy (non-hydrogen) atoms. The molecule has 0 aliphatic rings. The quantitative estimate of drug-likeness (QED) is 0.476. The summed E-state index contributed by atoms with van der Waals surface area (Å²) < 4.78 is 10.8. The maximum Gasteiger partial charge on any atom is 0.251 e. The Morgan fingerprint density at radius 2 is 1.84 bits per heavy atom. The molecule has 168 valence electrons. The van der Waals surface area contributed by atoms with Crippen molar-refractivity contribution in [1.82, 2.24) is 15.5 Å². The van der Waals surface area contributed by atoms with Gasteiger partial charge in [0.05, 0.1) is 14.2 Å². The summed E-state index contributed by atoms with van der Waals surface area (Å²) in [6.45, 7) is 6.20. The van der Waals surface area contributed by atoms with Gasteiger partial charge in [0.25, 0.3) is 5.91 Å². The van der Waals surface area contributed by atoms with E-state index < -0.39 is 0 Å². The van der Waals surface area contributed by atoms with Gasteiger partial charge in [-0.3, -0.25) is 9.79 Å². The smallest absolute Gasteiger partial charge is 0.251 e. The molecule has 0 spiro atoms. The van der Waals surface area contributed by atoms with E-state index in [0.717, 1.165) is 47.1 Å². The number of guanidine groups is 1. The Balaban J connectivity index is 2.11. The van der Waals surface area contributed by atoms with Gasteiger partial charge in [0.1, 0.15) is 0 Å². The van der Waals surface area contributed by atoms with Crippen LogP contribution in [0.25, 0.3) is 0 Å². The SMILES string of the molecule is CCNC(=NCCc1cccc(C(=O)NC)c1)N(C)Cc1cc(OC)c(OC)cc1C. The Hall–Kier alpha value is -3.22. The summed E-state index contributed by atoms with van der Waals surface area (Å²) in [7, 11) is 6.94. The van der Waals surface area contributed by atoms with E-state index in [0.29, 0.717) is 18.7 Å². The standard InChI is InChI=1S/C24H34N4O3/c1-7-26-24(27-12-11-18-9-8-10-19(14-18)23(29)25-3)28(4)16-20-15-22(31-6)21(30-5)13-17(20)2/h8-10,13-15H,7,11-12,16H2,1-6H3,(H,25,29)(H,26,27). The number of ether oxygens (including phenoxy) is 2. The minimum atomic E-state index is -0.0799. The highest BCUT2D eigenvalue weighted by Gasteiger charge is 2.13. The topological polar surface area (TPSA) is 75.2 Å². The molecule has 0 fully saturated rings. The number of aliphatic imine (C=N–C) groups is 1. The lowest BCUT2D eigenvalue weighted by molar-refractivity contribution is 0.0963. The van der Waals surface area contributed by atoms with Crippen LogP contribution in [0.5, 0.6) is 11.5 Å². The van der Waals surface area contributed by atoms with Crippen LogP contribution in [0, 0.1) is 6.92 Å². The maximum absolute atomic E-state index is 11.8. The van der Waals surface area contributed by atoms with E-state index in [9.17, 15) is 4.79 Å². The number of hydrogen-bond acceptors (Lipinski definition) is 4. The molecule has 0 atom stereocenters. The van der Waals surface area contributed by atoms with Crippen molar-refractivity contribution in [3.8, 4) is 11.5 Å². The number of hydrogen-bond donors (Lipinski definition) is 2. The molecule has 0 bridgehead atoms. The highest BCUT2D eigenvalue weighted by molar-refractivity contribution is 5.94. The molecule has 1 amide bonds.